The van der Waals surface area contributed by atoms with E-state index in [1.165, 1.54) is 25.3 Å². The van der Waals surface area contributed by atoms with E-state index in [0.717, 1.165) is 6.42 Å². The van der Waals surface area contributed by atoms with Gasteiger partial charge in [0.15, 0.2) is 0 Å². The number of primary sulfonamides is 1. The van der Waals surface area contributed by atoms with Crippen LogP contribution >= 0.6 is 0 Å². The zero-order chi connectivity index (χ0) is 14.9. The maximum Gasteiger partial charge on any atom is 0.238 e. The molecule has 0 bridgehead atoms. The Morgan fingerprint density at radius 2 is 2.15 bits per heavy atom. The molecule has 2 rings (SSSR count). The number of carbonyl (C=O) groups is 1. The fraction of sp³-hybridized carbons (Fsp3) is 0.462. The number of carbonyl (C=O) groups excluding carboxylic acids is 1. The number of nitrogens with one attached hydrogen (secondary N) is 1. The Morgan fingerprint density at radius 1 is 1.50 bits per heavy atom. The van der Waals surface area contributed by atoms with Gasteiger partial charge in [-0.25, -0.2) is 13.6 Å². The molecule has 7 heteroatoms. The molecule has 0 aromatic heterocycles. The highest BCUT2D eigenvalue weighted by molar-refractivity contribution is 7.89. The molecule has 1 aromatic carbocycles. The smallest absolute Gasteiger partial charge is 0.238 e. The Kier molecular flexibility index (Phi) is 4.01. The summed E-state index contributed by atoms with van der Waals surface area (Å²) >= 11 is 0. The predicted octanol–water partition coefficient (Wildman–Crippen LogP) is 0.410. The van der Waals surface area contributed by atoms with Gasteiger partial charge in [-0.05, 0) is 30.5 Å². The van der Waals surface area contributed by atoms with Crippen LogP contribution in [0.3, 0.4) is 0 Å². The summed E-state index contributed by atoms with van der Waals surface area (Å²) in [5, 5.41) is 7.97. The first-order valence-corrected chi connectivity index (χ1v) is 7.85. The van der Waals surface area contributed by atoms with Crippen LogP contribution in [0, 0.1) is 5.92 Å². The number of methoxy groups -OCH3 is 1. The Hall–Kier alpha value is -1.60. The second-order valence-electron chi connectivity index (χ2n) is 5.08. The Labute approximate surface area is 118 Å². The van der Waals surface area contributed by atoms with Gasteiger partial charge < -0.3 is 10.1 Å². The second kappa shape index (κ2) is 5.41. The molecule has 6 nitrogen and oxygen atoms in total. The molecule has 1 aliphatic rings. The maximum absolute atomic E-state index is 11.9. The number of ether oxygens (including phenoxy) is 1. The lowest BCUT2D eigenvalue weighted by Gasteiger charge is -2.10. The van der Waals surface area contributed by atoms with E-state index in [0.29, 0.717) is 17.2 Å². The Bertz CT molecular complexity index is 627. The molecule has 0 radical (unpaired) electrons. The summed E-state index contributed by atoms with van der Waals surface area (Å²) < 4.78 is 27.8. The van der Waals surface area contributed by atoms with Crippen LogP contribution in [0.25, 0.3) is 0 Å². The van der Waals surface area contributed by atoms with E-state index in [2.05, 4.69) is 12.2 Å². The normalized spacial score (nSPS) is 21.4. The molecular weight excluding hydrogens is 280 g/mol. The Morgan fingerprint density at radius 3 is 2.65 bits per heavy atom. The van der Waals surface area contributed by atoms with Gasteiger partial charge in [-0.1, -0.05) is 6.92 Å². The standard InChI is InChI=1S/C13H18N2O4S/c1-8-5-11(8)15-13(16)7-9-6-10(20(14,17)18)3-4-12(9)19-2/h3-4,6,8,11H,5,7H2,1-2H3,(H,15,16)(H2,14,17,18). The van der Waals surface area contributed by atoms with Crippen LogP contribution in [0.15, 0.2) is 23.1 Å². The summed E-state index contributed by atoms with van der Waals surface area (Å²) in [4.78, 5) is 11.9. The van der Waals surface area contributed by atoms with Gasteiger partial charge in [-0.15, -0.1) is 0 Å². The Balaban J connectivity index is 2.18. The molecule has 0 heterocycles. The molecule has 1 aromatic rings. The molecule has 1 aliphatic carbocycles. The van der Waals surface area contributed by atoms with Crippen molar-refractivity contribution in [2.45, 2.75) is 30.7 Å². The molecule has 110 valence electrons. The fourth-order valence-electron chi connectivity index (χ4n) is 2.02. The molecule has 3 N–H and O–H groups in total. The molecule has 1 fully saturated rings. The molecule has 0 aliphatic heterocycles. The summed E-state index contributed by atoms with van der Waals surface area (Å²) in [5.74, 6) is 0.831. The predicted molar refractivity (Wildman–Crippen MR) is 73.8 cm³/mol. The second-order valence-corrected chi connectivity index (χ2v) is 6.64. The van der Waals surface area contributed by atoms with Gasteiger partial charge in [-0.2, -0.15) is 0 Å². The molecule has 1 saturated carbocycles. The highest BCUT2D eigenvalue weighted by Gasteiger charge is 2.33. The third-order valence-corrected chi connectivity index (χ3v) is 4.30. The molecule has 2 unspecified atom stereocenters. The average Bonchev–Trinajstić information content (AvgIpc) is 3.03. The van der Waals surface area contributed by atoms with Crippen molar-refractivity contribution in [1.29, 1.82) is 0 Å². The molecular formula is C13H18N2O4S. The number of hydrogen-bond acceptors (Lipinski definition) is 4. The summed E-state index contributed by atoms with van der Waals surface area (Å²) in [6.07, 6.45) is 1.05. The lowest BCUT2D eigenvalue weighted by Crippen LogP contribution is -2.28. The molecule has 2 atom stereocenters. The first-order chi connectivity index (χ1) is 9.31. The topological polar surface area (TPSA) is 98.5 Å². The molecule has 0 spiro atoms. The monoisotopic (exact) mass is 298 g/mol. The van der Waals surface area contributed by atoms with Crippen LogP contribution in [-0.2, 0) is 21.2 Å². The van der Waals surface area contributed by atoms with E-state index in [9.17, 15) is 13.2 Å². The quantitative estimate of drug-likeness (QED) is 0.822. The SMILES string of the molecule is COc1ccc(S(N)(=O)=O)cc1CC(=O)NC1CC1C. The van der Waals surface area contributed by atoms with Crippen LogP contribution < -0.4 is 15.2 Å². The van der Waals surface area contributed by atoms with Crippen LogP contribution in [0.1, 0.15) is 18.9 Å². The van der Waals surface area contributed by atoms with Crippen molar-refractivity contribution in [2.24, 2.45) is 11.1 Å². The summed E-state index contributed by atoms with van der Waals surface area (Å²) in [6, 6.07) is 4.47. The minimum atomic E-state index is -3.79. The summed E-state index contributed by atoms with van der Waals surface area (Å²) in [7, 11) is -2.32. The number of hydrogen-bond donors (Lipinski definition) is 2. The van der Waals surface area contributed by atoms with E-state index < -0.39 is 10.0 Å². The number of amides is 1. The number of sulfonamides is 1. The lowest BCUT2D eigenvalue weighted by atomic mass is 10.1. The van der Waals surface area contributed by atoms with Crippen LogP contribution in [0.4, 0.5) is 0 Å². The maximum atomic E-state index is 11.9. The van der Waals surface area contributed by atoms with E-state index in [1.807, 2.05) is 0 Å². The van der Waals surface area contributed by atoms with Crippen LogP contribution in [0.5, 0.6) is 5.75 Å². The van der Waals surface area contributed by atoms with Crippen molar-refractivity contribution in [2.75, 3.05) is 7.11 Å². The largest absolute Gasteiger partial charge is 0.496 e. The van der Waals surface area contributed by atoms with E-state index in [4.69, 9.17) is 9.88 Å². The van der Waals surface area contributed by atoms with Crippen LogP contribution in [0.2, 0.25) is 0 Å². The number of nitrogens with two attached hydrogens (primary N) is 1. The van der Waals surface area contributed by atoms with E-state index >= 15 is 0 Å². The van der Waals surface area contributed by atoms with Gasteiger partial charge in [0.1, 0.15) is 5.75 Å². The minimum Gasteiger partial charge on any atom is -0.496 e. The van der Waals surface area contributed by atoms with Gasteiger partial charge in [0, 0.05) is 11.6 Å². The van der Waals surface area contributed by atoms with Gasteiger partial charge in [0.2, 0.25) is 15.9 Å². The summed E-state index contributed by atoms with van der Waals surface area (Å²) in [6.45, 7) is 2.06. The van der Waals surface area contributed by atoms with Gasteiger partial charge in [0.05, 0.1) is 18.4 Å². The number of rotatable bonds is 5. The molecule has 1 amide bonds. The van der Waals surface area contributed by atoms with Gasteiger partial charge in [-0.3, -0.25) is 4.79 Å². The van der Waals surface area contributed by atoms with Crippen molar-refractivity contribution in [3.63, 3.8) is 0 Å². The third kappa shape index (κ3) is 3.49. The highest BCUT2D eigenvalue weighted by atomic mass is 32.2. The van der Waals surface area contributed by atoms with Crippen molar-refractivity contribution in [3.8, 4) is 5.75 Å². The van der Waals surface area contributed by atoms with E-state index in [1.54, 1.807) is 0 Å². The first kappa shape index (κ1) is 14.8. The summed E-state index contributed by atoms with van der Waals surface area (Å²) in [5.41, 5.74) is 0.504. The third-order valence-electron chi connectivity index (χ3n) is 3.39. The number of benzene rings is 1. The van der Waals surface area contributed by atoms with Crippen molar-refractivity contribution >= 4 is 15.9 Å². The first-order valence-electron chi connectivity index (χ1n) is 6.30. The fourth-order valence-corrected chi connectivity index (χ4v) is 2.59. The van der Waals surface area contributed by atoms with Gasteiger partial charge >= 0.3 is 0 Å². The molecule has 20 heavy (non-hydrogen) atoms. The highest BCUT2D eigenvalue weighted by Crippen LogP contribution is 2.29. The van der Waals surface area contributed by atoms with Crippen molar-refractivity contribution in [1.82, 2.24) is 5.32 Å². The van der Waals surface area contributed by atoms with Crippen LogP contribution in [-0.4, -0.2) is 27.5 Å². The van der Waals surface area contributed by atoms with Crippen molar-refractivity contribution in [3.05, 3.63) is 23.8 Å². The zero-order valence-corrected chi connectivity index (χ0v) is 12.2. The van der Waals surface area contributed by atoms with E-state index in [-0.39, 0.29) is 23.3 Å². The lowest BCUT2D eigenvalue weighted by molar-refractivity contribution is -0.120. The minimum absolute atomic E-state index is 0.0270. The molecule has 0 saturated heterocycles. The van der Waals surface area contributed by atoms with Crippen molar-refractivity contribution < 1.29 is 17.9 Å². The zero-order valence-electron chi connectivity index (χ0n) is 11.4. The average molecular weight is 298 g/mol. The van der Waals surface area contributed by atoms with Gasteiger partial charge in [0.25, 0.3) is 0 Å².